The molecule has 0 aromatic heterocycles. The van der Waals surface area contributed by atoms with E-state index in [0.29, 0.717) is 27.8 Å². The summed E-state index contributed by atoms with van der Waals surface area (Å²) in [4.78, 5) is 18.2. The van der Waals surface area contributed by atoms with Crippen LogP contribution in [0, 0.1) is 6.92 Å². The van der Waals surface area contributed by atoms with Gasteiger partial charge in [-0.25, -0.2) is 0 Å². The third kappa shape index (κ3) is 3.12. The molecular formula is C20H17F3N2O2. The smallest absolute Gasteiger partial charge is 0.389 e. The molecule has 2 aliphatic rings. The van der Waals surface area contributed by atoms with Crippen LogP contribution in [-0.4, -0.2) is 41.3 Å². The van der Waals surface area contributed by atoms with Crippen LogP contribution in [0.3, 0.4) is 0 Å². The monoisotopic (exact) mass is 374 g/mol. The summed E-state index contributed by atoms with van der Waals surface area (Å²) >= 11 is 0. The van der Waals surface area contributed by atoms with Gasteiger partial charge in [0.05, 0.1) is 18.2 Å². The Balaban J connectivity index is 1.81. The van der Waals surface area contributed by atoms with Crippen molar-refractivity contribution in [3.8, 4) is 11.1 Å². The van der Waals surface area contributed by atoms with E-state index in [2.05, 4.69) is 4.99 Å². The number of hydrogen-bond acceptors (Lipinski definition) is 3. The SMILES string of the molecule is Cc1ccc(C(=O)N2CC(O)C2)cc1-c1cc(C(F)(F)F)cc2c1C=NC2. The fraction of sp³-hybridized carbons (Fsp3) is 0.300. The number of halogens is 3. The van der Waals surface area contributed by atoms with Gasteiger partial charge in [-0.2, -0.15) is 13.2 Å². The molecule has 1 amide bonds. The predicted octanol–water partition coefficient (Wildman–Crippen LogP) is 3.43. The van der Waals surface area contributed by atoms with Gasteiger partial charge >= 0.3 is 6.18 Å². The molecule has 27 heavy (non-hydrogen) atoms. The van der Waals surface area contributed by atoms with E-state index >= 15 is 0 Å². The van der Waals surface area contributed by atoms with E-state index in [1.165, 1.54) is 4.90 Å². The number of fused-ring (bicyclic) bond motifs is 1. The third-order valence-corrected chi connectivity index (χ3v) is 5.00. The van der Waals surface area contributed by atoms with Gasteiger partial charge in [0.1, 0.15) is 0 Å². The van der Waals surface area contributed by atoms with E-state index in [1.807, 2.05) is 0 Å². The number of carbonyl (C=O) groups is 1. The summed E-state index contributed by atoms with van der Waals surface area (Å²) in [5.74, 6) is -0.237. The highest BCUT2D eigenvalue weighted by Crippen LogP contribution is 2.38. The van der Waals surface area contributed by atoms with Gasteiger partial charge in [-0.05, 0) is 53.4 Å². The zero-order chi connectivity index (χ0) is 19.3. The average molecular weight is 374 g/mol. The van der Waals surface area contributed by atoms with Crippen LogP contribution in [0.15, 0.2) is 35.3 Å². The lowest BCUT2D eigenvalue weighted by Gasteiger charge is -2.36. The number of aliphatic hydroxyl groups is 1. The molecule has 0 aliphatic carbocycles. The standard InChI is InChI=1S/C20H17F3N2O2/c1-11-2-3-12(19(27)25-9-15(26)10-25)5-16(11)17-6-14(20(21,22)23)4-13-7-24-8-18(13)17/h2-6,8,15,26H,7,9-10H2,1H3. The largest absolute Gasteiger partial charge is 0.416 e. The average Bonchev–Trinajstić information content (AvgIpc) is 3.06. The Hall–Kier alpha value is -2.67. The first-order valence-corrected chi connectivity index (χ1v) is 8.56. The van der Waals surface area contributed by atoms with Crippen molar-refractivity contribution in [2.75, 3.05) is 13.1 Å². The minimum atomic E-state index is -4.46. The molecule has 4 rings (SSSR count). The molecule has 7 heteroatoms. The topological polar surface area (TPSA) is 52.9 Å². The van der Waals surface area contributed by atoms with Crippen LogP contribution in [0.25, 0.3) is 11.1 Å². The van der Waals surface area contributed by atoms with E-state index in [9.17, 15) is 23.1 Å². The Kier molecular flexibility index (Phi) is 4.07. The van der Waals surface area contributed by atoms with E-state index in [0.717, 1.165) is 17.7 Å². The molecule has 1 fully saturated rings. The van der Waals surface area contributed by atoms with Crippen LogP contribution in [0.5, 0.6) is 0 Å². The summed E-state index contributed by atoms with van der Waals surface area (Å²) in [7, 11) is 0. The zero-order valence-electron chi connectivity index (χ0n) is 14.5. The second-order valence-corrected chi connectivity index (χ2v) is 6.96. The number of hydrogen-bond donors (Lipinski definition) is 1. The quantitative estimate of drug-likeness (QED) is 0.876. The lowest BCUT2D eigenvalue weighted by atomic mass is 9.90. The van der Waals surface area contributed by atoms with Crippen molar-refractivity contribution in [3.05, 3.63) is 58.1 Å². The molecule has 1 N–H and O–H groups in total. The Morgan fingerprint density at radius 1 is 1.19 bits per heavy atom. The summed E-state index contributed by atoms with van der Waals surface area (Å²) in [6, 6.07) is 7.29. The molecule has 140 valence electrons. The first-order chi connectivity index (χ1) is 12.7. The van der Waals surface area contributed by atoms with Crippen molar-refractivity contribution in [2.24, 2.45) is 4.99 Å². The number of aliphatic hydroxyl groups excluding tert-OH is 1. The van der Waals surface area contributed by atoms with Crippen LogP contribution in [0.4, 0.5) is 13.2 Å². The summed E-state index contributed by atoms with van der Waals surface area (Å²) in [5.41, 5.74) is 2.65. The van der Waals surface area contributed by atoms with Crippen molar-refractivity contribution < 1.29 is 23.1 Å². The maximum atomic E-state index is 13.3. The van der Waals surface area contributed by atoms with Crippen LogP contribution in [0.1, 0.15) is 32.6 Å². The first-order valence-electron chi connectivity index (χ1n) is 8.56. The maximum absolute atomic E-state index is 13.3. The fourth-order valence-corrected chi connectivity index (χ4v) is 3.47. The number of benzene rings is 2. The van der Waals surface area contributed by atoms with Crippen molar-refractivity contribution in [1.82, 2.24) is 4.90 Å². The predicted molar refractivity (Wildman–Crippen MR) is 94.8 cm³/mol. The highest BCUT2D eigenvalue weighted by Gasteiger charge is 2.33. The van der Waals surface area contributed by atoms with Gasteiger partial charge in [-0.3, -0.25) is 9.79 Å². The number of likely N-dealkylation sites (tertiary alicyclic amines) is 1. The summed E-state index contributed by atoms with van der Waals surface area (Å²) in [5, 5.41) is 9.39. The van der Waals surface area contributed by atoms with Crippen molar-refractivity contribution >= 4 is 12.1 Å². The molecule has 0 atom stereocenters. The normalized spacial score (nSPS) is 16.4. The molecule has 2 aromatic carbocycles. The number of carbonyl (C=O) groups excluding carboxylic acids is 1. The van der Waals surface area contributed by atoms with Crippen molar-refractivity contribution in [3.63, 3.8) is 0 Å². The second-order valence-electron chi connectivity index (χ2n) is 6.96. The summed E-state index contributed by atoms with van der Waals surface area (Å²) in [6.45, 7) is 2.56. The number of rotatable bonds is 2. The minimum absolute atomic E-state index is 0.218. The van der Waals surface area contributed by atoms with Gasteiger partial charge in [0.25, 0.3) is 5.91 Å². The highest BCUT2D eigenvalue weighted by atomic mass is 19.4. The molecule has 0 unspecified atom stereocenters. The fourth-order valence-electron chi connectivity index (χ4n) is 3.47. The van der Waals surface area contributed by atoms with E-state index in [1.54, 1.807) is 31.3 Å². The van der Waals surface area contributed by atoms with Crippen LogP contribution in [0.2, 0.25) is 0 Å². The van der Waals surface area contributed by atoms with Gasteiger partial charge in [-0.15, -0.1) is 0 Å². The lowest BCUT2D eigenvalue weighted by molar-refractivity contribution is -0.137. The van der Waals surface area contributed by atoms with E-state index in [-0.39, 0.29) is 25.5 Å². The van der Waals surface area contributed by atoms with Gasteiger partial charge in [0, 0.05) is 30.4 Å². The summed E-state index contributed by atoms with van der Waals surface area (Å²) in [6.07, 6.45) is -3.38. The number of aryl methyl sites for hydroxylation is 1. The number of alkyl halides is 3. The molecule has 2 aromatic rings. The number of aliphatic imine (C=N–C) groups is 1. The molecule has 0 radical (unpaired) electrons. The third-order valence-electron chi connectivity index (χ3n) is 5.00. The van der Waals surface area contributed by atoms with E-state index in [4.69, 9.17) is 0 Å². The molecule has 0 bridgehead atoms. The summed E-state index contributed by atoms with van der Waals surface area (Å²) < 4.78 is 40.0. The number of nitrogens with zero attached hydrogens (tertiary/aromatic N) is 2. The van der Waals surface area contributed by atoms with Gasteiger partial charge in [-0.1, -0.05) is 6.07 Å². The Morgan fingerprint density at radius 3 is 2.59 bits per heavy atom. The van der Waals surface area contributed by atoms with E-state index < -0.39 is 17.8 Å². The Labute approximate surface area is 154 Å². The molecule has 1 saturated heterocycles. The molecule has 0 spiro atoms. The van der Waals surface area contributed by atoms with Crippen LogP contribution >= 0.6 is 0 Å². The Bertz CT molecular complexity index is 960. The van der Waals surface area contributed by atoms with Crippen LogP contribution in [-0.2, 0) is 12.7 Å². The van der Waals surface area contributed by atoms with Crippen molar-refractivity contribution in [2.45, 2.75) is 25.7 Å². The first kappa shape index (κ1) is 17.7. The zero-order valence-corrected chi connectivity index (χ0v) is 14.5. The van der Waals surface area contributed by atoms with Gasteiger partial charge < -0.3 is 10.0 Å². The second kappa shape index (κ2) is 6.20. The molecule has 0 saturated carbocycles. The maximum Gasteiger partial charge on any atom is 0.416 e. The number of amides is 1. The van der Waals surface area contributed by atoms with Crippen molar-refractivity contribution in [1.29, 1.82) is 0 Å². The molecule has 2 aliphatic heterocycles. The van der Waals surface area contributed by atoms with Gasteiger partial charge in [0.2, 0.25) is 0 Å². The minimum Gasteiger partial charge on any atom is -0.389 e. The molecule has 2 heterocycles. The van der Waals surface area contributed by atoms with Crippen LogP contribution < -0.4 is 0 Å². The Morgan fingerprint density at radius 2 is 1.93 bits per heavy atom. The molecule has 4 nitrogen and oxygen atoms in total. The highest BCUT2D eigenvalue weighted by molar-refractivity contribution is 5.99. The lowest BCUT2D eigenvalue weighted by Crippen LogP contribution is -2.53. The number of β-amino-alcohol motifs (C(OH)–C–C–N with tert-alkyl or cyclic N) is 1. The van der Waals surface area contributed by atoms with Gasteiger partial charge in [0.15, 0.2) is 0 Å². The molecular weight excluding hydrogens is 357 g/mol.